The van der Waals surface area contributed by atoms with E-state index in [1.54, 1.807) is 0 Å². The fraction of sp³-hybridized carbons (Fsp3) is 0.364. The predicted molar refractivity (Wildman–Crippen MR) is 69.1 cm³/mol. The van der Waals surface area contributed by atoms with E-state index < -0.39 is 5.97 Å². The highest BCUT2D eigenvalue weighted by Crippen LogP contribution is 2.20. The molecule has 0 saturated carbocycles. The minimum absolute atomic E-state index is 0.233. The summed E-state index contributed by atoms with van der Waals surface area (Å²) in [5.74, 6) is -0.950. The molecule has 0 bridgehead atoms. The van der Waals surface area contributed by atoms with Crippen LogP contribution in [0.25, 0.3) is 0 Å². The van der Waals surface area contributed by atoms with E-state index in [2.05, 4.69) is 15.4 Å². The van der Waals surface area contributed by atoms with Crippen LogP contribution in [-0.4, -0.2) is 25.8 Å². The van der Waals surface area contributed by atoms with Crippen molar-refractivity contribution >= 4 is 22.4 Å². The van der Waals surface area contributed by atoms with E-state index in [1.165, 1.54) is 6.20 Å². The average Bonchev–Trinajstić information content (AvgIpc) is 2.85. The lowest BCUT2D eigenvalue weighted by Gasteiger charge is -2.03. The van der Waals surface area contributed by atoms with Gasteiger partial charge in [-0.15, -0.1) is 0 Å². The maximum Gasteiger partial charge on any atom is 0.347 e. The predicted octanol–water partition coefficient (Wildman–Crippen LogP) is 1.80. The van der Waals surface area contributed by atoms with Crippen LogP contribution in [0.5, 0.6) is 0 Å². The van der Waals surface area contributed by atoms with Crippen LogP contribution in [0.15, 0.2) is 6.20 Å². The van der Waals surface area contributed by atoms with Gasteiger partial charge in [0.15, 0.2) is 5.13 Å². The number of rotatable bonds is 4. The van der Waals surface area contributed by atoms with E-state index in [1.807, 2.05) is 25.6 Å². The van der Waals surface area contributed by atoms with Crippen LogP contribution in [0.4, 0.5) is 5.13 Å². The maximum atomic E-state index is 10.7. The molecule has 0 spiro atoms. The summed E-state index contributed by atoms with van der Waals surface area (Å²) in [5, 5.41) is 16.9. The Hall–Kier alpha value is -1.89. The van der Waals surface area contributed by atoms with Gasteiger partial charge in [-0.2, -0.15) is 5.10 Å². The van der Waals surface area contributed by atoms with Crippen LogP contribution < -0.4 is 5.32 Å². The third-order valence-corrected chi connectivity index (χ3v) is 3.73. The molecule has 0 unspecified atom stereocenters. The molecule has 2 aromatic heterocycles. The number of carboxylic acid groups (broad SMARTS) is 1. The SMILES string of the molecule is Cc1nn(C)c(C)c1CNc1ncc(C(=O)O)s1. The summed E-state index contributed by atoms with van der Waals surface area (Å²) in [7, 11) is 1.90. The molecule has 0 atom stereocenters. The highest BCUT2D eigenvalue weighted by Gasteiger charge is 2.11. The number of carbonyl (C=O) groups is 1. The Balaban J connectivity index is 2.09. The first kappa shape index (κ1) is 12.6. The molecule has 0 aliphatic heterocycles. The number of nitrogens with one attached hydrogen (secondary N) is 1. The second-order valence-electron chi connectivity index (χ2n) is 3.96. The lowest BCUT2D eigenvalue weighted by atomic mass is 10.2. The number of aromatic carboxylic acids is 1. The first-order valence-electron chi connectivity index (χ1n) is 5.41. The molecule has 2 aromatic rings. The molecule has 0 aromatic carbocycles. The summed E-state index contributed by atoms with van der Waals surface area (Å²) in [6.07, 6.45) is 1.36. The number of carboxylic acids is 1. The number of aromatic nitrogens is 3. The van der Waals surface area contributed by atoms with Crippen LogP contribution in [0, 0.1) is 13.8 Å². The van der Waals surface area contributed by atoms with Gasteiger partial charge in [0, 0.05) is 24.8 Å². The topological polar surface area (TPSA) is 80.0 Å². The van der Waals surface area contributed by atoms with Crippen molar-refractivity contribution in [1.29, 1.82) is 0 Å². The van der Waals surface area contributed by atoms with Gasteiger partial charge in [-0.05, 0) is 13.8 Å². The highest BCUT2D eigenvalue weighted by atomic mass is 32.1. The number of hydrogen-bond donors (Lipinski definition) is 2. The molecule has 0 saturated heterocycles. The van der Waals surface area contributed by atoms with Crippen molar-refractivity contribution in [2.24, 2.45) is 7.05 Å². The second kappa shape index (κ2) is 4.77. The van der Waals surface area contributed by atoms with Crippen molar-refractivity contribution < 1.29 is 9.90 Å². The highest BCUT2D eigenvalue weighted by molar-refractivity contribution is 7.17. The Morgan fingerprint density at radius 1 is 1.56 bits per heavy atom. The monoisotopic (exact) mass is 266 g/mol. The van der Waals surface area contributed by atoms with Gasteiger partial charge >= 0.3 is 5.97 Å². The fourth-order valence-corrected chi connectivity index (χ4v) is 2.34. The van der Waals surface area contributed by atoms with Gasteiger partial charge in [-0.1, -0.05) is 11.3 Å². The molecule has 0 amide bonds. The summed E-state index contributed by atoms with van der Waals surface area (Å²) < 4.78 is 1.83. The smallest absolute Gasteiger partial charge is 0.347 e. The molecule has 18 heavy (non-hydrogen) atoms. The standard InChI is InChI=1S/C11H14N4O2S/c1-6-8(7(2)15(3)14-6)4-12-11-13-5-9(18-11)10(16)17/h5H,4H2,1-3H3,(H,12,13)(H,16,17). The minimum atomic E-state index is -0.950. The first-order valence-corrected chi connectivity index (χ1v) is 6.22. The Bertz CT molecular complexity index is 588. The number of aryl methyl sites for hydroxylation is 2. The van der Waals surface area contributed by atoms with E-state index in [0.29, 0.717) is 11.7 Å². The maximum absolute atomic E-state index is 10.7. The molecule has 0 aliphatic rings. The summed E-state index contributed by atoms with van der Waals surface area (Å²) >= 11 is 1.13. The summed E-state index contributed by atoms with van der Waals surface area (Å²) in [6, 6.07) is 0. The van der Waals surface area contributed by atoms with E-state index >= 15 is 0 Å². The average molecular weight is 266 g/mol. The summed E-state index contributed by atoms with van der Waals surface area (Å²) in [6.45, 7) is 4.55. The molecule has 0 aliphatic carbocycles. The molecule has 96 valence electrons. The summed E-state index contributed by atoms with van der Waals surface area (Å²) in [5.41, 5.74) is 3.18. The normalized spacial score (nSPS) is 10.6. The van der Waals surface area contributed by atoms with Crippen LogP contribution in [0.2, 0.25) is 0 Å². The van der Waals surface area contributed by atoms with E-state index in [4.69, 9.17) is 5.11 Å². The van der Waals surface area contributed by atoms with Gasteiger partial charge in [0.1, 0.15) is 4.88 Å². The lowest BCUT2D eigenvalue weighted by Crippen LogP contribution is -2.01. The van der Waals surface area contributed by atoms with Gasteiger partial charge in [-0.25, -0.2) is 9.78 Å². The van der Waals surface area contributed by atoms with Crippen LogP contribution >= 0.6 is 11.3 Å². The zero-order valence-corrected chi connectivity index (χ0v) is 11.2. The van der Waals surface area contributed by atoms with Crippen molar-refractivity contribution in [3.8, 4) is 0 Å². The molecule has 0 radical (unpaired) electrons. The Kier molecular flexibility index (Phi) is 3.33. The molecule has 2 heterocycles. The fourth-order valence-electron chi connectivity index (χ4n) is 1.69. The van der Waals surface area contributed by atoms with Crippen LogP contribution in [0.3, 0.4) is 0 Å². The number of thiazole rings is 1. The zero-order valence-electron chi connectivity index (χ0n) is 10.4. The third-order valence-electron chi connectivity index (χ3n) is 2.79. The molecule has 2 N–H and O–H groups in total. The van der Waals surface area contributed by atoms with Gasteiger partial charge in [0.05, 0.1) is 11.9 Å². The number of nitrogens with zero attached hydrogens (tertiary/aromatic N) is 3. The van der Waals surface area contributed by atoms with Gasteiger partial charge in [-0.3, -0.25) is 4.68 Å². The molecular weight excluding hydrogens is 252 g/mol. The minimum Gasteiger partial charge on any atom is -0.477 e. The van der Waals surface area contributed by atoms with Crippen molar-refractivity contribution in [2.45, 2.75) is 20.4 Å². The number of anilines is 1. The van der Waals surface area contributed by atoms with Crippen molar-refractivity contribution in [1.82, 2.24) is 14.8 Å². The summed E-state index contributed by atoms with van der Waals surface area (Å²) in [4.78, 5) is 15.0. The zero-order chi connectivity index (χ0) is 13.3. The van der Waals surface area contributed by atoms with Crippen molar-refractivity contribution in [2.75, 3.05) is 5.32 Å². The second-order valence-corrected chi connectivity index (χ2v) is 4.99. The first-order chi connectivity index (χ1) is 8.49. The van der Waals surface area contributed by atoms with Crippen LogP contribution in [0.1, 0.15) is 26.6 Å². The van der Waals surface area contributed by atoms with Crippen molar-refractivity contribution in [3.05, 3.63) is 28.0 Å². The largest absolute Gasteiger partial charge is 0.477 e. The molecule has 0 fully saturated rings. The molecule has 6 nitrogen and oxygen atoms in total. The third kappa shape index (κ3) is 2.35. The van der Waals surface area contributed by atoms with E-state index in [9.17, 15) is 4.79 Å². The Morgan fingerprint density at radius 3 is 2.78 bits per heavy atom. The van der Waals surface area contributed by atoms with Crippen molar-refractivity contribution in [3.63, 3.8) is 0 Å². The van der Waals surface area contributed by atoms with E-state index in [-0.39, 0.29) is 4.88 Å². The van der Waals surface area contributed by atoms with E-state index in [0.717, 1.165) is 28.3 Å². The van der Waals surface area contributed by atoms with Crippen LogP contribution in [-0.2, 0) is 13.6 Å². The van der Waals surface area contributed by atoms with Gasteiger partial charge in [0.25, 0.3) is 0 Å². The Morgan fingerprint density at radius 2 is 2.28 bits per heavy atom. The lowest BCUT2D eigenvalue weighted by molar-refractivity contribution is 0.0702. The quantitative estimate of drug-likeness (QED) is 0.882. The molecule has 2 rings (SSSR count). The number of hydrogen-bond acceptors (Lipinski definition) is 5. The Labute approximate surface area is 108 Å². The molecule has 7 heteroatoms. The van der Waals surface area contributed by atoms with Gasteiger partial charge < -0.3 is 10.4 Å². The molecular formula is C11H14N4O2S. The van der Waals surface area contributed by atoms with Gasteiger partial charge in [0.2, 0.25) is 0 Å².